The number of esters is 1. The molecule has 1 N–H and O–H groups in total. The summed E-state index contributed by atoms with van der Waals surface area (Å²) in [5.41, 5.74) is -0.590. The van der Waals surface area contributed by atoms with Crippen molar-refractivity contribution in [3.63, 3.8) is 0 Å². The van der Waals surface area contributed by atoms with Gasteiger partial charge in [-0.15, -0.1) is 0 Å². The van der Waals surface area contributed by atoms with Gasteiger partial charge in [-0.05, 0) is 44.3 Å². The SMILES string of the molecule is COCCO[C@@H]1[C@H](OC(=O)c2ccccc2)[C@@H](/C=C/P(C)(C)=O)O[C@H]1n1cc(C)c(=O)[nH]c1=O. The highest BCUT2D eigenvalue weighted by atomic mass is 31.2. The van der Waals surface area contributed by atoms with E-state index in [1.54, 1.807) is 56.7 Å². The van der Waals surface area contributed by atoms with Gasteiger partial charge >= 0.3 is 11.7 Å². The van der Waals surface area contributed by atoms with Crippen molar-refractivity contribution in [2.45, 2.75) is 31.5 Å². The van der Waals surface area contributed by atoms with Crippen LogP contribution in [0.2, 0.25) is 0 Å². The van der Waals surface area contributed by atoms with E-state index in [0.717, 1.165) is 0 Å². The van der Waals surface area contributed by atoms with Crippen LogP contribution in [0.1, 0.15) is 22.1 Å². The number of ether oxygens (including phenoxy) is 4. The van der Waals surface area contributed by atoms with Crippen LogP contribution in [0.3, 0.4) is 0 Å². The van der Waals surface area contributed by atoms with E-state index in [2.05, 4.69) is 4.98 Å². The van der Waals surface area contributed by atoms with Gasteiger partial charge in [0.2, 0.25) is 0 Å². The summed E-state index contributed by atoms with van der Waals surface area (Å²) in [7, 11) is -1.06. The van der Waals surface area contributed by atoms with Crippen LogP contribution in [0.4, 0.5) is 0 Å². The molecule has 184 valence electrons. The number of aromatic nitrogens is 2. The Morgan fingerprint density at radius 1 is 1.18 bits per heavy atom. The second-order valence-electron chi connectivity index (χ2n) is 8.31. The number of aromatic amines is 1. The summed E-state index contributed by atoms with van der Waals surface area (Å²) in [4.78, 5) is 39.6. The van der Waals surface area contributed by atoms with Gasteiger partial charge in [0.15, 0.2) is 12.3 Å². The summed E-state index contributed by atoms with van der Waals surface area (Å²) < 4.78 is 36.4. The molecule has 1 fully saturated rings. The lowest BCUT2D eigenvalue weighted by molar-refractivity contribution is -0.0812. The first-order valence-corrected chi connectivity index (χ1v) is 13.4. The first kappa shape index (κ1) is 25.8. The number of nitrogens with zero attached hydrogens (tertiary/aromatic N) is 1. The Hall–Kier alpha value is -2.78. The zero-order valence-corrected chi connectivity index (χ0v) is 20.4. The Morgan fingerprint density at radius 2 is 1.88 bits per heavy atom. The molecule has 4 atom stereocenters. The van der Waals surface area contributed by atoms with Gasteiger partial charge in [0.25, 0.3) is 5.56 Å². The van der Waals surface area contributed by atoms with E-state index >= 15 is 0 Å². The van der Waals surface area contributed by atoms with Crippen molar-refractivity contribution in [1.29, 1.82) is 0 Å². The van der Waals surface area contributed by atoms with Gasteiger partial charge in [-0.3, -0.25) is 14.3 Å². The van der Waals surface area contributed by atoms with E-state index in [9.17, 15) is 18.9 Å². The van der Waals surface area contributed by atoms with Crippen LogP contribution >= 0.6 is 7.14 Å². The smallest absolute Gasteiger partial charge is 0.338 e. The summed E-state index contributed by atoms with van der Waals surface area (Å²) >= 11 is 0. The minimum Gasteiger partial charge on any atom is -0.453 e. The molecule has 1 aliphatic heterocycles. The van der Waals surface area contributed by atoms with Crippen molar-refractivity contribution in [3.05, 3.63) is 80.4 Å². The molecule has 0 spiro atoms. The Balaban J connectivity index is 2.03. The van der Waals surface area contributed by atoms with Crippen molar-refractivity contribution < 1.29 is 28.3 Å². The second-order valence-corrected chi connectivity index (χ2v) is 11.5. The molecule has 1 aromatic carbocycles. The minimum atomic E-state index is -2.58. The Kier molecular flexibility index (Phi) is 8.43. The van der Waals surface area contributed by atoms with Crippen molar-refractivity contribution in [3.8, 4) is 0 Å². The monoisotopic (exact) mass is 492 g/mol. The molecule has 0 bridgehead atoms. The zero-order chi connectivity index (χ0) is 24.9. The third-order valence-corrected chi connectivity index (χ3v) is 6.02. The van der Waals surface area contributed by atoms with Crippen molar-refractivity contribution in [2.24, 2.45) is 0 Å². The maximum Gasteiger partial charge on any atom is 0.338 e. The van der Waals surface area contributed by atoms with Crippen molar-refractivity contribution in [2.75, 3.05) is 33.7 Å². The number of hydrogen-bond acceptors (Lipinski definition) is 8. The molecule has 0 unspecified atom stereocenters. The average molecular weight is 492 g/mol. The molecule has 1 aromatic heterocycles. The Bertz CT molecular complexity index is 1180. The highest BCUT2D eigenvalue weighted by molar-refractivity contribution is 7.65. The van der Waals surface area contributed by atoms with Gasteiger partial charge in [-0.2, -0.15) is 0 Å². The van der Waals surface area contributed by atoms with Crippen LogP contribution in [0.5, 0.6) is 0 Å². The Labute approximate surface area is 196 Å². The molecule has 10 nitrogen and oxygen atoms in total. The molecule has 0 amide bonds. The summed E-state index contributed by atoms with van der Waals surface area (Å²) in [5.74, 6) is 0.908. The molecular weight excluding hydrogens is 463 g/mol. The summed E-state index contributed by atoms with van der Waals surface area (Å²) in [6.07, 6.45) is -0.871. The first-order valence-electron chi connectivity index (χ1n) is 10.7. The van der Waals surface area contributed by atoms with Crippen LogP contribution in [0, 0.1) is 6.92 Å². The zero-order valence-electron chi connectivity index (χ0n) is 19.5. The number of benzene rings is 1. The number of methoxy groups -OCH3 is 1. The topological polar surface area (TPSA) is 126 Å². The molecule has 1 aliphatic rings. The van der Waals surface area contributed by atoms with Crippen LogP contribution in [0.25, 0.3) is 0 Å². The number of H-pyrrole nitrogens is 1. The lowest BCUT2D eigenvalue weighted by Crippen LogP contribution is -2.41. The largest absolute Gasteiger partial charge is 0.453 e. The van der Waals surface area contributed by atoms with Crippen LogP contribution in [-0.2, 0) is 23.5 Å². The standard InChI is InChI=1S/C23H29N2O8P/c1-15-14-25(23(28)24-20(15)26)21-19(31-12-11-30-2)18(17(32-21)10-13-34(3,4)29)33-22(27)16-8-6-5-7-9-16/h5-10,13-14,17-19,21H,11-12H2,1-4H3,(H,24,26,28)/b13-10+/t17-,18-,19-,21-/m1/s1. The lowest BCUT2D eigenvalue weighted by Gasteiger charge is -2.25. The van der Waals surface area contributed by atoms with Gasteiger partial charge in [0.1, 0.15) is 19.3 Å². The van der Waals surface area contributed by atoms with E-state index in [-0.39, 0.29) is 13.2 Å². The summed E-state index contributed by atoms with van der Waals surface area (Å²) in [6, 6.07) is 8.43. The molecule has 34 heavy (non-hydrogen) atoms. The molecule has 1 saturated heterocycles. The number of rotatable bonds is 9. The van der Waals surface area contributed by atoms with Crippen LogP contribution < -0.4 is 11.2 Å². The third kappa shape index (κ3) is 6.42. The van der Waals surface area contributed by atoms with E-state index < -0.39 is 48.9 Å². The normalized spacial score (nSPS) is 22.8. The number of aryl methyl sites for hydroxylation is 1. The van der Waals surface area contributed by atoms with Gasteiger partial charge in [0, 0.05) is 18.9 Å². The van der Waals surface area contributed by atoms with E-state index in [1.165, 1.54) is 23.7 Å². The second kappa shape index (κ2) is 11.1. The summed E-state index contributed by atoms with van der Waals surface area (Å²) in [5, 5.41) is 0. The molecular formula is C23H29N2O8P. The van der Waals surface area contributed by atoms with Crippen molar-refractivity contribution in [1.82, 2.24) is 9.55 Å². The molecule has 0 saturated carbocycles. The third-order valence-electron chi connectivity index (χ3n) is 5.13. The number of hydrogen-bond donors (Lipinski definition) is 1. The molecule has 2 heterocycles. The highest BCUT2D eigenvalue weighted by Crippen LogP contribution is 2.40. The quantitative estimate of drug-likeness (QED) is 0.321. The van der Waals surface area contributed by atoms with Gasteiger partial charge in [-0.25, -0.2) is 9.59 Å². The molecule has 11 heteroatoms. The first-order chi connectivity index (χ1) is 16.1. The highest BCUT2D eigenvalue weighted by Gasteiger charge is 2.48. The fraction of sp³-hybridized carbons (Fsp3) is 0.435. The number of carbonyl (C=O) groups is 1. The predicted molar refractivity (Wildman–Crippen MR) is 126 cm³/mol. The molecule has 3 rings (SSSR count). The number of carbonyl (C=O) groups excluding carboxylic acids is 1. The van der Waals surface area contributed by atoms with Crippen LogP contribution in [-0.4, -0.2) is 67.5 Å². The van der Waals surface area contributed by atoms with E-state index in [1.807, 2.05) is 0 Å². The van der Waals surface area contributed by atoms with Gasteiger partial charge in [-0.1, -0.05) is 18.2 Å². The van der Waals surface area contributed by atoms with E-state index in [0.29, 0.717) is 11.1 Å². The predicted octanol–water partition coefficient (Wildman–Crippen LogP) is 2.14. The van der Waals surface area contributed by atoms with Crippen molar-refractivity contribution >= 4 is 13.1 Å². The molecule has 2 aromatic rings. The maximum absolute atomic E-state index is 12.9. The van der Waals surface area contributed by atoms with Gasteiger partial charge in [0.05, 0.1) is 18.8 Å². The fourth-order valence-electron chi connectivity index (χ4n) is 3.46. The lowest BCUT2D eigenvalue weighted by atomic mass is 10.1. The molecule has 0 radical (unpaired) electrons. The average Bonchev–Trinajstić information content (AvgIpc) is 3.12. The fourth-order valence-corrected chi connectivity index (χ4v) is 4.04. The van der Waals surface area contributed by atoms with Gasteiger partial charge < -0.3 is 23.5 Å². The van der Waals surface area contributed by atoms with E-state index in [4.69, 9.17) is 18.9 Å². The summed E-state index contributed by atoms with van der Waals surface area (Å²) in [6.45, 7) is 5.11. The Morgan fingerprint density at radius 3 is 2.53 bits per heavy atom. The minimum absolute atomic E-state index is 0.133. The van der Waals surface area contributed by atoms with Crippen LogP contribution in [0.15, 0.2) is 58.0 Å². The maximum atomic E-state index is 12.9. The molecule has 0 aliphatic carbocycles. The number of nitrogens with one attached hydrogen (secondary N) is 1.